The minimum absolute atomic E-state index is 1.31. The van der Waals surface area contributed by atoms with E-state index in [4.69, 9.17) is 0 Å². The fourth-order valence-electron chi connectivity index (χ4n) is 3.56. The Labute approximate surface area is 161 Å². The standard InChI is InChI=1S/C25H50/c1-3-5-7-9-11-13-15-17-19-21-23-25-24-22-20-18-16-14-12-10-8-6-4-2/h15,17H,3-14,16,18-25H2,1-2H3/b17-15+. The van der Waals surface area contributed by atoms with Gasteiger partial charge in [-0.25, -0.2) is 0 Å². The van der Waals surface area contributed by atoms with Crippen LogP contribution in [0.5, 0.6) is 0 Å². The van der Waals surface area contributed by atoms with E-state index >= 15 is 0 Å². The predicted molar refractivity (Wildman–Crippen MR) is 117 cm³/mol. The van der Waals surface area contributed by atoms with E-state index in [0.717, 1.165) is 0 Å². The van der Waals surface area contributed by atoms with E-state index in [-0.39, 0.29) is 0 Å². The first-order chi connectivity index (χ1) is 12.4. The molecule has 0 fully saturated rings. The highest BCUT2D eigenvalue weighted by atomic mass is 14.0. The molecule has 0 spiro atoms. The molecule has 0 aliphatic rings. The smallest absolute Gasteiger partial charge is 0.0351 e. The van der Waals surface area contributed by atoms with Gasteiger partial charge in [0.15, 0.2) is 0 Å². The van der Waals surface area contributed by atoms with E-state index in [1.165, 1.54) is 135 Å². The van der Waals surface area contributed by atoms with Gasteiger partial charge in [0.2, 0.25) is 0 Å². The average molecular weight is 351 g/mol. The van der Waals surface area contributed by atoms with Crippen molar-refractivity contribution in [2.75, 3.05) is 0 Å². The van der Waals surface area contributed by atoms with Crippen molar-refractivity contribution in [3.05, 3.63) is 12.2 Å². The van der Waals surface area contributed by atoms with Crippen molar-refractivity contribution in [1.29, 1.82) is 0 Å². The molecule has 25 heavy (non-hydrogen) atoms. The first-order valence-electron chi connectivity index (χ1n) is 12.1. The molecule has 0 aliphatic carbocycles. The molecule has 0 rings (SSSR count). The van der Waals surface area contributed by atoms with Crippen LogP contribution < -0.4 is 0 Å². The van der Waals surface area contributed by atoms with Crippen LogP contribution in [0.25, 0.3) is 0 Å². The van der Waals surface area contributed by atoms with Crippen LogP contribution in [0.1, 0.15) is 149 Å². The van der Waals surface area contributed by atoms with Crippen molar-refractivity contribution in [2.45, 2.75) is 149 Å². The fourth-order valence-corrected chi connectivity index (χ4v) is 3.56. The fraction of sp³-hybridized carbons (Fsp3) is 0.920. The lowest BCUT2D eigenvalue weighted by molar-refractivity contribution is 0.536. The average Bonchev–Trinajstić information content (AvgIpc) is 2.63. The number of rotatable bonds is 21. The molecule has 0 heterocycles. The van der Waals surface area contributed by atoms with E-state index < -0.39 is 0 Å². The Kier molecular flexibility index (Phi) is 23.5. The summed E-state index contributed by atoms with van der Waals surface area (Å²) in [6.07, 6.45) is 34.9. The van der Waals surface area contributed by atoms with Crippen molar-refractivity contribution >= 4 is 0 Å². The highest BCUT2D eigenvalue weighted by molar-refractivity contribution is 4.81. The maximum Gasteiger partial charge on any atom is -0.0351 e. The van der Waals surface area contributed by atoms with Crippen LogP contribution in [0.3, 0.4) is 0 Å². The van der Waals surface area contributed by atoms with Gasteiger partial charge in [0.05, 0.1) is 0 Å². The lowest BCUT2D eigenvalue weighted by Crippen LogP contribution is -1.83. The van der Waals surface area contributed by atoms with Crippen LogP contribution in [-0.4, -0.2) is 0 Å². The van der Waals surface area contributed by atoms with Crippen LogP contribution >= 0.6 is 0 Å². The molecule has 0 amide bonds. The van der Waals surface area contributed by atoms with Crippen LogP contribution in [0, 0.1) is 0 Å². The molecule has 0 saturated carbocycles. The zero-order valence-corrected chi connectivity index (χ0v) is 18.0. The summed E-state index contributed by atoms with van der Waals surface area (Å²) in [4.78, 5) is 0. The molecular weight excluding hydrogens is 300 g/mol. The maximum absolute atomic E-state index is 2.43. The van der Waals surface area contributed by atoms with Crippen molar-refractivity contribution in [2.24, 2.45) is 0 Å². The number of hydrogen-bond acceptors (Lipinski definition) is 0. The lowest BCUT2D eigenvalue weighted by atomic mass is 10.0. The summed E-state index contributed by atoms with van der Waals surface area (Å²) in [5.74, 6) is 0. The van der Waals surface area contributed by atoms with Crippen molar-refractivity contribution in [3.8, 4) is 0 Å². The van der Waals surface area contributed by atoms with Gasteiger partial charge in [-0.05, 0) is 25.7 Å². The van der Waals surface area contributed by atoms with Crippen LogP contribution in [0.15, 0.2) is 12.2 Å². The van der Waals surface area contributed by atoms with Crippen molar-refractivity contribution in [3.63, 3.8) is 0 Å². The SMILES string of the molecule is CCCCCCC/C=C/CCCCCCCCCCCCCCCC. The molecule has 0 saturated heterocycles. The summed E-state index contributed by atoms with van der Waals surface area (Å²) in [7, 11) is 0. The second-order valence-corrected chi connectivity index (χ2v) is 8.06. The molecule has 150 valence electrons. The number of hydrogen-bond donors (Lipinski definition) is 0. The highest BCUT2D eigenvalue weighted by Gasteiger charge is 1.93. The molecule has 0 unspecified atom stereocenters. The lowest BCUT2D eigenvalue weighted by Gasteiger charge is -2.02. The monoisotopic (exact) mass is 350 g/mol. The largest absolute Gasteiger partial charge is 0.0885 e. The summed E-state index contributed by atoms with van der Waals surface area (Å²) in [5.41, 5.74) is 0. The van der Waals surface area contributed by atoms with E-state index in [1.807, 2.05) is 0 Å². The van der Waals surface area contributed by atoms with Gasteiger partial charge in [0.1, 0.15) is 0 Å². The molecule has 0 N–H and O–H groups in total. The predicted octanol–water partition coefficient (Wildman–Crippen LogP) is 9.77. The quantitative estimate of drug-likeness (QED) is 0.143. The summed E-state index contributed by atoms with van der Waals surface area (Å²) >= 11 is 0. The van der Waals surface area contributed by atoms with E-state index in [9.17, 15) is 0 Å². The topological polar surface area (TPSA) is 0 Å². The molecule has 0 aromatic heterocycles. The minimum Gasteiger partial charge on any atom is -0.0885 e. The maximum atomic E-state index is 2.43. The Morgan fingerprint density at radius 1 is 0.320 bits per heavy atom. The highest BCUT2D eigenvalue weighted by Crippen LogP contribution is 2.13. The first-order valence-corrected chi connectivity index (χ1v) is 12.1. The van der Waals surface area contributed by atoms with Crippen molar-refractivity contribution < 1.29 is 0 Å². The summed E-state index contributed by atoms with van der Waals surface area (Å²) in [6.45, 7) is 4.59. The molecule has 0 aromatic rings. The molecule has 0 heteroatoms. The first kappa shape index (κ1) is 24.7. The van der Waals surface area contributed by atoms with Gasteiger partial charge in [-0.15, -0.1) is 0 Å². The summed E-state index contributed by atoms with van der Waals surface area (Å²) in [6, 6.07) is 0. The summed E-state index contributed by atoms with van der Waals surface area (Å²) < 4.78 is 0. The second-order valence-electron chi connectivity index (χ2n) is 8.06. The Bertz CT molecular complexity index is 240. The van der Waals surface area contributed by atoms with Crippen LogP contribution in [0.4, 0.5) is 0 Å². The van der Waals surface area contributed by atoms with Gasteiger partial charge in [0, 0.05) is 0 Å². The number of unbranched alkanes of at least 4 members (excludes halogenated alkanes) is 19. The number of allylic oxidation sites excluding steroid dienone is 2. The molecule has 0 nitrogen and oxygen atoms in total. The van der Waals surface area contributed by atoms with Gasteiger partial charge in [-0.1, -0.05) is 135 Å². The Morgan fingerprint density at radius 3 is 0.840 bits per heavy atom. The molecule has 0 aromatic carbocycles. The third-order valence-electron chi connectivity index (χ3n) is 5.37. The Hall–Kier alpha value is -0.260. The third-order valence-corrected chi connectivity index (χ3v) is 5.37. The molecule has 0 bridgehead atoms. The zero-order valence-electron chi connectivity index (χ0n) is 18.0. The van der Waals surface area contributed by atoms with Gasteiger partial charge in [-0.3, -0.25) is 0 Å². The zero-order chi connectivity index (χ0) is 18.3. The minimum atomic E-state index is 1.31. The van der Waals surface area contributed by atoms with E-state index in [2.05, 4.69) is 26.0 Å². The molecule has 0 aliphatic heterocycles. The molecule has 0 atom stereocenters. The summed E-state index contributed by atoms with van der Waals surface area (Å²) in [5, 5.41) is 0. The van der Waals surface area contributed by atoms with Gasteiger partial charge >= 0.3 is 0 Å². The van der Waals surface area contributed by atoms with Crippen molar-refractivity contribution in [1.82, 2.24) is 0 Å². The Morgan fingerprint density at radius 2 is 0.560 bits per heavy atom. The molecular formula is C25H50. The van der Waals surface area contributed by atoms with Crippen LogP contribution in [0.2, 0.25) is 0 Å². The molecule has 0 radical (unpaired) electrons. The van der Waals surface area contributed by atoms with E-state index in [1.54, 1.807) is 0 Å². The van der Waals surface area contributed by atoms with Gasteiger partial charge in [-0.2, -0.15) is 0 Å². The van der Waals surface area contributed by atoms with Gasteiger partial charge in [0.25, 0.3) is 0 Å². The normalized spacial score (nSPS) is 11.6. The van der Waals surface area contributed by atoms with E-state index in [0.29, 0.717) is 0 Å². The third kappa shape index (κ3) is 23.7. The second kappa shape index (κ2) is 23.7. The van der Waals surface area contributed by atoms with Crippen LogP contribution in [-0.2, 0) is 0 Å². The Balaban J connectivity index is 3.02. The van der Waals surface area contributed by atoms with Gasteiger partial charge < -0.3 is 0 Å².